The van der Waals surface area contributed by atoms with E-state index in [9.17, 15) is 5.11 Å². The fraction of sp³-hybridized carbons (Fsp3) is 1.00. The van der Waals surface area contributed by atoms with Crippen molar-refractivity contribution in [2.75, 3.05) is 0 Å². The summed E-state index contributed by atoms with van der Waals surface area (Å²) >= 11 is 0. The summed E-state index contributed by atoms with van der Waals surface area (Å²) in [4.78, 5) is 0. The van der Waals surface area contributed by atoms with Crippen LogP contribution >= 0.6 is 0 Å². The lowest BCUT2D eigenvalue weighted by atomic mass is 9.83. The largest absolute Gasteiger partial charge is 0.390 e. The molecule has 1 atom stereocenters. The van der Waals surface area contributed by atoms with Gasteiger partial charge < -0.3 is 5.11 Å². The quantitative estimate of drug-likeness (QED) is 0.651. The zero-order valence-electron chi connectivity index (χ0n) is 9.06. The maximum atomic E-state index is 9.84. The summed E-state index contributed by atoms with van der Waals surface area (Å²) in [6.45, 7) is 8.25. The summed E-state index contributed by atoms with van der Waals surface area (Å²) in [7, 11) is 0. The van der Waals surface area contributed by atoms with Crippen LogP contribution < -0.4 is 0 Å². The summed E-state index contributed by atoms with van der Waals surface area (Å²) in [6, 6.07) is 0. The third kappa shape index (κ3) is 4.76. The van der Waals surface area contributed by atoms with Gasteiger partial charge in [0.25, 0.3) is 0 Å². The molecule has 0 bridgehead atoms. The minimum Gasteiger partial charge on any atom is -0.390 e. The van der Waals surface area contributed by atoms with Crippen LogP contribution in [-0.2, 0) is 0 Å². The molecule has 0 saturated heterocycles. The molecule has 0 spiro atoms. The van der Waals surface area contributed by atoms with Crippen molar-refractivity contribution in [3.05, 3.63) is 0 Å². The Bertz CT molecular complexity index is 102. The summed E-state index contributed by atoms with van der Waals surface area (Å²) in [5.41, 5.74) is -0.481. The van der Waals surface area contributed by atoms with Crippen LogP contribution in [0.5, 0.6) is 0 Å². The van der Waals surface area contributed by atoms with Crippen LogP contribution in [0, 0.1) is 5.92 Å². The highest BCUT2D eigenvalue weighted by molar-refractivity contribution is 4.76. The molecule has 0 aromatic carbocycles. The molecule has 0 saturated carbocycles. The first-order valence-corrected chi connectivity index (χ1v) is 5.24. The molecule has 0 aromatic heterocycles. The van der Waals surface area contributed by atoms with E-state index in [1.165, 1.54) is 25.7 Å². The van der Waals surface area contributed by atoms with Crippen molar-refractivity contribution in [1.29, 1.82) is 0 Å². The van der Waals surface area contributed by atoms with Gasteiger partial charge in [-0.15, -0.1) is 0 Å². The zero-order chi connectivity index (χ0) is 9.61. The first-order chi connectivity index (χ1) is 5.52. The van der Waals surface area contributed by atoms with Gasteiger partial charge >= 0.3 is 0 Å². The summed E-state index contributed by atoms with van der Waals surface area (Å²) < 4.78 is 0. The smallest absolute Gasteiger partial charge is 0.0619 e. The standard InChI is InChI=1S/C11H24O/c1-5-7-9-10(8-6-2)11(3,4)12/h10,12H,5-9H2,1-4H3. The molecule has 1 unspecified atom stereocenters. The summed E-state index contributed by atoms with van der Waals surface area (Å²) in [5, 5.41) is 9.84. The Hall–Kier alpha value is -0.0400. The highest BCUT2D eigenvalue weighted by Crippen LogP contribution is 2.26. The van der Waals surface area contributed by atoms with Crippen molar-refractivity contribution in [3.63, 3.8) is 0 Å². The third-order valence-electron chi connectivity index (χ3n) is 2.54. The molecule has 12 heavy (non-hydrogen) atoms. The molecule has 74 valence electrons. The van der Waals surface area contributed by atoms with E-state index in [1.54, 1.807) is 0 Å². The molecule has 1 nitrogen and oxygen atoms in total. The monoisotopic (exact) mass is 172 g/mol. The van der Waals surface area contributed by atoms with Gasteiger partial charge in [-0.1, -0.05) is 33.1 Å². The molecule has 0 amide bonds. The second kappa shape index (κ2) is 5.58. The predicted octanol–water partition coefficient (Wildman–Crippen LogP) is 3.36. The van der Waals surface area contributed by atoms with E-state index in [-0.39, 0.29) is 0 Å². The fourth-order valence-corrected chi connectivity index (χ4v) is 1.65. The Morgan fingerprint density at radius 3 is 2.00 bits per heavy atom. The lowest BCUT2D eigenvalue weighted by Crippen LogP contribution is -2.30. The van der Waals surface area contributed by atoms with E-state index < -0.39 is 5.60 Å². The number of rotatable bonds is 6. The zero-order valence-corrected chi connectivity index (χ0v) is 9.06. The van der Waals surface area contributed by atoms with E-state index in [1.807, 2.05) is 13.8 Å². The van der Waals surface area contributed by atoms with Gasteiger partial charge in [-0.05, 0) is 32.6 Å². The Morgan fingerprint density at radius 1 is 1.08 bits per heavy atom. The van der Waals surface area contributed by atoms with E-state index in [2.05, 4.69) is 13.8 Å². The Morgan fingerprint density at radius 2 is 1.67 bits per heavy atom. The second-order valence-electron chi connectivity index (χ2n) is 4.28. The summed E-state index contributed by atoms with van der Waals surface area (Å²) in [6.07, 6.45) is 5.99. The molecule has 1 heteroatoms. The van der Waals surface area contributed by atoms with Crippen LogP contribution in [-0.4, -0.2) is 10.7 Å². The maximum absolute atomic E-state index is 9.84. The van der Waals surface area contributed by atoms with Gasteiger partial charge in [-0.3, -0.25) is 0 Å². The first kappa shape index (κ1) is 12.0. The average molecular weight is 172 g/mol. The second-order valence-corrected chi connectivity index (χ2v) is 4.28. The van der Waals surface area contributed by atoms with Gasteiger partial charge in [0.2, 0.25) is 0 Å². The lowest BCUT2D eigenvalue weighted by molar-refractivity contribution is 0.00815. The highest BCUT2D eigenvalue weighted by Gasteiger charge is 2.24. The molecule has 0 aliphatic heterocycles. The Labute approximate surface area is 77.2 Å². The van der Waals surface area contributed by atoms with Crippen molar-refractivity contribution >= 4 is 0 Å². The molecule has 1 N–H and O–H groups in total. The van der Waals surface area contributed by atoms with Gasteiger partial charge in [-0.2, -0.15) is 0 Å². The van der Waals surface area contributed by atoms with Gasteiger partial charge in [0.15, 0.2) is 0 Å². The number of hydrogen-bond donors (Lipinski definition) is 1. The van der Waals surface area contributed by atoms with E-state index in [0.717, 1.165) is 6.42 Å². The first-order valence-electron chi connectivity index (χ1n) is 5.24. The maximum Gasteiger partial charge on any atom is 0.0619 e. The van der Waals surface area contributed by atoms with Crippen molar-refractivity contribution in [2.24, 2.45) is 5.92 Å². The topological polar surface area (TPSA) is 20.2 Å². The Balaban J connectivity index is 3.86. The molecule has 0 fully saturated rings. The minimum atomic E-state index is -0.481. The molecule has 0 rings (SSSR count). The van der Waals surface area contributed by atoms with Gasteiger partial charge in [-0.25, -0.2) is 0 Å². The predicted molar refractivity (Wildman–Crippen MR) is 54.2 cm³/mol. The van der Waals surface area contributed by atoms with Gasteiger partial charge in [0.05, 0.1) is 5.60 Å². The highest BCUT2D eigenvalue weighted by atomic mass is 16.3. The molecular formula is C11H24O. The SMILES string of the molecule is CCCCC(CCC)C(C)(C)O. The minimum absolute atomic E-state index is 0.481. The number of hydrogen-bond acceptors (Lipinski definition) is 1. The van der Waals surface area contributed by atoms with Crippen molar-refractivity contribution in [2.45, 2.75) is 65.4 Å². The van der Waals surface area contributed by atoms with Crippen LogP contribution in [0.25, 0.3) is 0 Å². The molecule has 0 aromatic rings. The molecule has 0 aliphatic carbocycles. The Kier molecular flexibility index (Phi) is 5.56. The molecule has 0 aliphatic rings. The number of unbranched alkanes of at least 4 members (excludes halogenated alkanes) is 1. The van der Waals surface area contributed by atoms with Crippen LogP contribution in [0.15, 0.2) is 0 Å². The fourth-order valence-electron chi connectivity index (χ4n) is 1.65. The molecular weight excluding hydrogens is 148 g/mol. The molecule has 0 radical (unpaired) electrons. The van der Waals surface area contributed by atoms with Gasteiger partial charge in [0.1, 0.15) is 0 Å². The van der Waals surface area contributed by atoms with Crippen LogP contribution in [0.3, 0.4) is 0 Å². The van der Waals surface area contributed by atoms with Crippen LogP contribution in [0.1, 0.15) is 59.8 Å². The van der Waals surface area contributed by atoms with Gasteiger partial charge in [0, 0.05) is 0 Å². The summed E-state index contributed by atoms with van der Waals surface area (Å²) in [5.74, 6) is 0.488. The van der Waals surface area contributed by atoms with Crippen LogP contribution in [0.2, 0.25) is 0 Å². The normalized spacial score (nSPS) is 14.8. The van der Waals surface area contributed by atoms with Crippen LogP contribution in [0.4, 0.5) is 0 Å². The number of aliphatic hydroxyl groups is 1. The van der Waals surface area contributed by atoms with E-state index >= 15 is 0 Å². The third-order valence-corrected chi connectivity index (χ3v) is 2.54. The average Bonchev–Trinajstić information content (AvgIpc) is 1.95. The van der Waals surface area contributed by atoms with E-state index in [4.69, 9.17) is 0 Å². The van der Waals surface area contributed by atoms with Crippen molar-refractivity contribution in [1.82, 2.24) is 0 Å². The lowest BCUT2D eigenvalue weighted by Gasteiger charge is -2.29. The van der Waals surface area contributed by atoms with Crippen molar-refractivity contribution in [3.8, 4) is 0 Å². The molecule has 0 heterocycles. The van der Waals surface area contributed by atoms with E-state index in [0.29, 0.717) is 5.92 Å². The van der Waals surface area contributed by atoms with Crippen molar-refractivity contribution < 1.29 is 5.11 Å².